The summed E-state index contributed by atoms with van der Waals surface area (Å²) < 4.78 is 5.36. The Labute approximate surface area is 123 Å². The summed E-state index contributed by atoms with van der Waals surface area (Å²) in [7, 11) is 0. The minimum absolute atomic E-state index is 0.0199. The third-order valence-corrected chi connectivity index (χ3v) is 3.66. The second kappa shape index (κ2) is 5.96. The molecule has 0 radical (unpaired) electrons. The summed E-state index contributed by atoms with van der Waals surface area (Å²) in [4.78, 5) is 23.0. The first-order chi connectivity index (χ1) is 9.94. The molecule has 0 aliphatic heterocycles. The van der Waals surface area contributed by atoms with E-state index in [1.54, 1.807) is 31.2 Å². The number of hydrogen-bond acceptors (Lipinski definition) is 4. The fraction of sp³-hybridized carbons (Fsp3) is 0.438. The lowest BCUT2D eigenvalue weighted by Gasteiger charge is -2.22. The predicted molar refractivity (Wildman–Crippen MR) is 76.8 cm³/mol. The highest BCUT2D eigenvalue weighted by Crippen LogP contribution is 2.39. The zero-order valence-electron chi connectivity index (χ0n) is 12.2. The van der Waals surface area contributed by atoms with Gasteiger partial charge in [0.15, 0.2) is 12.4 Å². The van der Waals surface area contributed by atoms with Gasteiger partial charge in [-0.2, -0.15) is 5.26 Å². The number of rotatable bonds is 6. The van der Waals surface area contributed by atoms with Crippen LogP contribution in [0, 0.1) is 17.2 Å². The third-order valence-electron chi connectivity index (χ3n) is 3.66. The van der Waals surface area contributed by atoms with E-state index in [4.69, 9.17) is 4.74 Å². The smallest absolute Gasteiger partial charge is 0.259 e. The molecule has 1 amide bonds. The molecule has 2 rings (SSSR count). The maximum atomic E-state index is 11.9. The molecule has 21 heavy (non-hydrogen) atoms. The second-order valence-electron chi connectivity index (χ2n) is 5.51. The number of hydrogen-bond donors (Lipinski definition) is 1. The number of nitrogens with one attached hydrogen (secondary N) is 1. The van der Waals surface area contributed by atoms with Crippen LogP contribution in [0.4, 0.5) is 0 Å². The van der Waals surface area contributed by atoms with E-state index in [0.717, 1.165) is 12.8 Å². The van der Waals surface area contributed by atoms with Crippen LogP contribution in [0.2, 0.25) is 0 Å². The van der Waals surface area contributed by atoms with Gasteiger partial charge in [0.25, 0.3) is 5.91 Å². The first-order valence-corrected chi connectivity index (χ1v) is 6.90. The molecule has 0 saturated heterocycles. The topological polar surface area (TPSA) is 79.2 Å². The van der Waals surface area contributed by atoms with Gasteiger partial charge >= 0.3 is 0 Å². The largest absolute Gasteiger partial charge is 0.484 e. The minimum atomic E-state index is -0.807. The highest BCUT2D eigenvalue weighted by atomic mass is 16.5. The molecule has 1 atom stereocenters. The normalized spacial score (nSPS) is 16.4. The first-order valence-electron chi connectivity index (χ1n) is 6.90. The summed E-state index contributed by atoms with van der Waals surface area (Å²) in [6.45, 7) is 3.08. The van der Waals surface area contributed by atoms with Gasteiger partial charge in [0.2, 0.25) is 0 Å². The third kappa shape index (κ3) is 3.82. The minimum Gasteiger partial charge on any atom is -0.484 e. The summed E-state index contributed by atoms with van der Waals surface area (Å²) in [5, 5.41) is 11.9. The van der Waals surface area contributed by atoms with E-state index in [2.05, 4.69) is 11.4 Å². The first kappa shape index (κ1) is 15.0. The van der Waals surface area contributed by atoms with Crippen molar-refractivity contribution >= 4 is 11.7 Å². The molecule has 1 aliphatic carbocycles. The molecule has 110 valence electrons. The summed E-state index contributed by atoms with van der Waals surface area (Å²) in [6, 6.07) is 8.76. The Bertz CT molecular complexity index is 585. The molecule has 1 fully saturated rings. The van der Waals surface area contributed by atoms with Crippen molar-refractivity contribution in [1.82, 2.24) is 5.32 Å². The maximum absolute atomic E-state index is 11.9. The summed E-state index contributed by atoms with van der Waals surface area (Å²) in [6.07, 6.45) is 1.94. The van der Waals surface area contributed by atoms with Gasteiger partial charge < -0.3 is 10.1 Å². The van der Waals surface area contributed by atoms with Crippen LogP contribution < -0.4 is 10.1 Å². The van der Waals surface area contributed by atoms with Crippen molar-refractivity contribution in [2.24, 2.45) is 5.92 Å². The van der Waals surface area contributed by atoms with Crippen molar-refractivity contribution in [1.29, 1.82) is 5.26 Å². The number of ketones is 1. The van der Waals surface area contributed by atoms with Gasteiger partial charge in [-0.15, -0.1) is 0 Å². The molecule has 0 aromatic heterocycles. The van der Waals surface area contributed by atoms with Gasteiger partial charge in [0.1, 0.15) is 11.3 Å². The van der Waals surface area contributed by atoms with Crippen LogP contribution in [0.3, 0.4) is 0 Å². The molecular weight excluding hydrogens is 268 g/mol. The van der Waals surface area contributed by atoms with E-state index < -0.39 is 5.54 Å². The van der Waals surface area contributed by atoms with Crippen LogP contribution in [0.1, 0.15) is 37.0 Å². The number of nitriles is 1. The lowest BCUT2D eigenvalue weighted by atomic mass is 9.98. The maximum Gasteiger partial charge on any atom is 0.259 e. The van der Waals surface area contributed by atoms with E-state index in [1.807, 2.05) is 0 Å². The zero-order valence-corrected chi connectivity index (χ0v) is 12.2. The van der Waals surface area contributed by atoms with Gasteiger partial charge in [-0.3, -0.25) is 9.59 Å². The average Bonchev–Trinajstić information content (AvgIpc) is 3.30. The average molecular weight is 286 g/mol. The van der Waals surface area contributed by atoms with Crippen molar-refractivity contribution in [2.75, 3.05) is 6.61 Å². The Morgan fingerprint density at radius 3 is 2.48 bits per heavy atom. The number of ether oxygens (including phenoxy) is 1. The summed E-state index contributed by atoms with van der Waals surface area (Å²) >= 11 is 0. The van der Waals surface area contributed by atoms with E-state index >= 15 is 0 Å². The number of amides is 1. The fourth-order valence-corrected chi connectivity index (χ4v) is 2.14. The number of Topliss-reactive ketones (excluding diaryl/α,β-unsaturated/α-hetero) is 1. The van der Waals surface area contributed by atoms with Crippen molar-refractivity contribution < 1.29 is 14.3 Å². The zero-order chi connectivity index (χ0) is 15.5. The molecule has 1 unspecified atom stereocenters. The Morgan fingerprint density at radius 2 is 2.00 bits per heavy atom. The number of carbonyl (C=O) groups excluding carboxylic acids is 2. The van der Waals surface area contributed by atoms with E-state index in [-0.39, 0.29) is 24.2 Å². The second-order valence-corrected chi connectivity index (χ2v) is 5.51. The van der Waals surface area contributed by atoms with E-state index in [0.29, 0.717) is 11.3 Å². The molecular formula is C16H18N2O3. The molecule has 1 N–H and O–H groups in total. The van der Waals surface area contributed by atoms with Crippen LogP contribution in [-0.4, -0.2) is 23.8 Å². The van der Waals surface area contributed by atoms with Crippen molar-refractivity contribution in [3.63, 3.8) is 0 Å². The number of benzene rings is 1. The lowest BCUT2D eigenvalue weighted by Crippen LogP contribution is -2.48. The molecule has 0 heterocycles. The number of nitrogens with zero attached hydrogens (tertiary/aromatic N) is 1. The summed E-state index contributed by atoms with van der Waals surface area (Å²) in [5.74, 6) is 0.414. The van der Waals surface area contributed by atoms with Crippen LogP contribution in [-0.2, 0) is 4.79 Å². The molecule has 1 aromatic carbocycles. The van der Waals surface area contributed by atoms with E-state index in [9.17, 15) is 14.9 Å². The Kier molecular flexibility index (Phi) is 4.27. The highest BCUT2D eigenvalue weighted by molar-refractivity contribution is 5.94. The van der Waals surface area contributed by atoms with Gasteiger partial charge in [-0.1, -0.05) is 0 Å². The van der Waals surface area contributed by atoms with Crippen LogP contribution in [0.5, 0.6) is 5.75 Å². The van der Waals surface area contributed by atoms with Gasteiger partial charge in [-0.25, -0.2) is 0 Å². The van der Waals surface area contributed by atoms with Gasteiger partial charge in [0, 0.05) is 5.56 Å². The predicted octanol–water partition coefficient (Wildman–Crippen LogP) is 2.08. The number of carbonyl (C=O) groups is 2. The van der Waals surface area contributed by atoms with E-state index in [1.165, 1.54) is 6.92 Å². The Morgan fingerprint density at radius 1 is 1.38 bits per heavy atom. The SMILES string of the molecule is CC(=O)c1ccc(OCC(=O)NC(C)(C#N)C2CC2)cc1. The van der Waals surface area contributed by atoms with Crippen LogP contribution in [0.15, 0.2) is 24.3 Å². The van der Waals surface area contributed by atoms with Gasteiger partial charge in [0.05, 0.1) is 6.07 Å². The molecule has 5 heteroatoms. The highest BCUT2D eigenvalue weighted by Gasteiger charge is 2.43. The lowest BCUT2D eigenvalue weighted by molar-refractivity contribution is -0.124. The van der Waals surface area contributed by atoms with Crippen molar-refractivity contribution in [2.45, 2.75) is 32.2 Å². The Balaban J connectivity index is 1.86. The quantitative estimate of drug-likeness (QED) is 0.812. The molecule has 1 aromatic rings. The fourth-order valence-electron chi connectivity index (χ4n) is 2.14. The molecule has 0 bridgehead atoms. The van der Waals surface area contributed by atoms with Crippen LogP contribution >= 0.6 is 0 Å². The standard InChI is InChI=1S/C16H18N2O3/c1-11(19)12-3-7-14(8-4-12)21-9-15(20)18-16(2,10-17)13-5-6-13/h3-4,7-8,13H,5-6,9H2,1-2H3,(H,18,20). The van der Waals surface area contributed by atoms with Gasteiger partial charge in [-0.05, 0) is 56.9 Å². The van der Waals surface area contributed by atoms with Crippen LogP contribution in [0.25, 0.3) is 0 Å². The summed E-state index contributed by atoms with van der Waals surface area (Å²) in [5.41, 5.74) is -0.212. The molecule has 0 spiro atoms. The monoisotopic (exact) mass is 286 g/mol. The molecule has 1 saturated carbocycles. The van der Waals surface area contributed by atoms with Crippen molar-refractivity contribution in [3.05, 3.63) is 29.8 Å². The van der Waals surface area contributed by atoms with Crippen molar-refractivity contribution in [3.8, 4) is 11.8 Å². The Hall–Kier alpha value is -2.35. The molecule has 5 nitrogen and oxygen atoms in total. The molecule has 1 aliphatic rings.